The second-order valence-corrected chi connectivity index (χ2v) is 9.18. The van der Waals surface area contributed by atoms with Gasteiger partial charge in [-0.15, -0.1) is 0 Å². The largest absolute Gasteiger partial charge is 0.393 e. The molecular weight excluding hydrogens is 250 g/mol. The summed E-state index contributed by atoms with van der Waals surface area (Å²) in [5.41, 5.74) is 0. The number of rotatable bonds is 5. The Hall–Kier alpha value is -0.130. The molecule has 18 heavy (non-hydrogen) atoms. The summed E-state index contributed by atoms with van der Waals surface area (Å²) in [7, 11) is -3.02. The van der Waals surface area contributed by atoms with E-state index in [9.17, 15) is 13.5 Å². The van der Waals surface area contributed by atoms with Gasteiger partial charge in [-0.05, 0) is 52.5 Å². The number of hydrogen-bond acceptors (Lipinski definition) is 4. The van der Waals surface area contributed by atoms with Gasteiger partial charge in [-0.1, -0.05) is 6.42 Å². The topological polar surface area (TPSA) is 66.4 Å². The van der Waals surface area contributed by atoms with E-state index in [1.807, 2.05) is 0 Å². The van der Waals surface area contributed by atoms with Crippen LogP contribution in [-0.2, 0) is 9.84 Å². The fraction of sp³-hybridized carbons (Fsp3) is 1.00. The van der Waals surface area contributed by atoms with Gasteiger partial charge < -0.3 is 10.4 Å². The SMILES string of the molecule is CC(C)(C)S(=O)(=O)CCNCC1CCCC(O)C1. The van der Waals surface area contributed by atoms with Crippen LogP contribution in [0.2, 0.25) is 0 Å². The maximum atomic E-state index is 11.9. The van der Waals surface area contributed by atoms with Gasteiger partial charge in [-0.2, -0.15) is 0 Å². The first-order valence-electron chi connectivity index (χ1n) is 6.83. The van der Waals surface area contributed by atoms with Crippen LogP contribution < -0.4 is 5.32 Å². The summed E-state index contributed by atoms with van der Waals surface area (Å²) in [6.07, 6.45) is 3.81. The van der Waals surface area contributed by atoms with Crippen molar-refractivity contribution in [3.05, 3.63) is 0 Å². The van der Waals surface area contributed by atoms with Crippen LogP contribution in [0.1, 0.15) is 46.5 Å². The van der Waals surface area contributed by atoms with Crippen molar-refractivity contribution in [3.8, 4) is 0 Å². The average Bonchev–Trinajstić information content (AvgIpc) is 2.23. The highest BCUT2D eigenvalue weighted by Crippen LogP contribution is 2.23. The minimum Gasteiger partial charge on any atom is -0.393 e. The molecular formula is C13H27NO3S. The van der Waals surface area contributed by atoms with Crippen LogP contribution in [0.3, 0.4) is 0 Å². The number of aliphatic hydroxyl groups excluding tert-OH is 1. The van der Waals surface area contributed by atoms with Crippen molar-refractivity contribution in [2.45, 2.75) is 57.3 Å². The van der Waals surface area contributed by atoms with Gasteiger partial charge in [0.05, 0.1) is 16.6 Å². The maximum absolute atomic E-state index is 11.9. The van der Waals surface area contributed by atoms with Gasteiger partial charge in [0.15, 0.2) is 9.84 Å². The molecule has 2 atom stereocenters. The molecule has 0 saturated heterocycles. The van der Waals surface area contributed by atoms with E-state index in [2.05, 4.69) is 5.32 Å². The molecule has 0 aromatic rings. The zero-order valence-corrected chi connectivity index (χ0v) is 12.6. The molecule has 0 aliphatic heterocycles. The molecule has 1 rings (SSSR count). The number of aliphatic hydroxyl groups is 1. The average molecular weight is 277 g/mol. The number of sulfone groups is 1. The van der Waals surface area contributed by atoms with E-state index < -0.39 is 14.6 Å². The molecule has 1 fully saturated rings. The number of hydrogen-bond donors (Lipinski definition) is 2. The summed E-state index contributed by atoms with van der Waals surface area (Å²) in [4.78, 5) is 0. The lowest BCUT2D eigenvalue weighted by atomic mass is 9.87. The van der Waals surface area contributed by atoms with Gasteiger partial charge >= 0.3 is 0 Å². The molecule has 4 nitrogen and oxygen atoms in total. The highest BCUT2D eigenvalue weighted by atomic mass is 32.2. The maximum Gasteiger partial charge on any atom is 0.156 e. The van der Waals surface area contributed by atoms with Crippen LogP contribution >= 0.6 is 0 Å². The normalized spacial score (nSPS) is 26.2. The molecule has 1 saturated carbocycles. The first kappa shape index (κ1) is 15.9. The summed E-state index contributed by atoms with van der Waals surface area (Å²) in [6, 6.07) is 0. The first-order valence-corrected chi connectivity index (χ1v) is 8.48. The van der Waals surface area contributed by atoms with Crippen molar-refractivity contribution in [1.29, 1.82) is 0 Å². The Bertz CT molecular complexity index is 346. The highest BCUT2D eigenvalue weighted by Gasteiger charge is 2.28. The second kappa shape index (κ2) is 6.35. The van der Waals surface area contributed by atoms with Crippen LogP contribution in [0.4, 0.5) is 0 Å². The summed E-state index contributed by atoms with van der Waals surface area (Å²) in [5.74, 6) is 0.678. The number of nitrogens with one attached hydrogen (secondary N) is 1. The van der Waals surface area contributed by atoms with Gasteiger partial charge in [0.1, 0.15) is 0 Å². The van der Waals surface area contributed by atoms with E-state index >= 15 is 0 Å². The molecule has 0 bridgehead atoms. The Morgan fingerprint density at radius 3 is 2.50 bits per heavy atom. The molecule has 5 heteroatoms. The molecule has 0 radical (unpaired) electrons. The minimum absolute atomic E-state index is 0.163. The van der Waals surface area contributed by atoms with Crippen molar-refractivity contribution in [2.75, 3.05) is 18.8 Å². The molecule has 2 unspecified atom stereocenters. The van der Waals surface area contributed by atoms with Gasteiger partial charge in [-0.25, -0.2) is 8.42 Å². The van der Waals surface area contributed by atoms with Crippen molar-refractivity contribution >= 4 is 9.84 Å². The standard InChI is InChI=1S/C13H27NO3S/c1-13(2,3)18(16,17)8-7-14-10-11-5-4-6-12(15)9-11/h11-12,14-15H,4-10H2,1-3H3. The summed E-state index contributed by atoms with van der Waals surface area (Å²) >= 11 is 0. The summed E-state index contributed by atoms with van der Waals surface area (Å²) in [5, 5.41) is 12.8. The Balaban J connectivity index is 2.23. The van der Waals surface area contributed by atoms with E-state index in [4.69, 9.17) is 0 Å². The van der Waals surface area contributed by atoms with E-state index in [1.54, 1.807) is 20.8 Å². The molecule has 0 amide bonds. The van der Waals surface area contributed by atoms with E-state index in [1.165, 1.54) is 0 Å². The monoisotopic (exact) mass is 277 g/mol. The highest BCUT2D eigenvalue weighted by molar-refractivity contribution is 7.92. The quantitative estimate of drug-likeness (QED) is 0.744. The Kier molecular flexibility index (Phi) is 5.62. The Morgan fingerprint density at radius 1 is 1.28 bits per heavy atom. The molecule has 108 valence electrons. The molecule has 1 aliphatic rings. The zero-order valence-electron chi connectivity index (χ0n) is 11.8. The second-order valence-electron chi connectivity index (χ2n) is 6.32. The van der Waals surface area contributed by atoms with Crippen LogP contribution in [0.5, 0.6) is 0 Å². The van der Waals surface area contributed by atoms with Crippen molar-refractivity contribution in [3.63, 3.8) is 0 Å². The third kappa shape index (κ3) is 4.86. The summed E-state index contributed by atoms with van der Waals surface area (Å²) < 4.78 is 23.1. The van der Waals surface area contributed by atoms with Gasteiger partial charge in [0.25, 0.3) is 0 Å². The molecule has 1 aliphatic carbocycles. The zero-order chi connectivity index (χ0) is 13.8. The molecule has 0 aromatic carbocycles. The van der Waals surface area contributed by atoms with Crippen LogP contribution in [0.15, 0.2) is 0 Å². The Labute approximate surface area is 111 Å². The van der Waals surface area contributed by atoms with Crippen molar-refractivity contribution in [1.82, 2.24) is 5.32 Å². The van der Waals surface area contributed by atoms with Crippen molar-refractivity contribution < 1.29 is 13.5 Å². The van der Waals surface area contributed by atoms with E-state index in [-0.39, 0.29) is 11.9 Å². The molecule has 0 spiro atoms. The molecule has 0 aromatic heterocycles. The first-order chi connectivity index (χ1) is 8.22. The smallest absolute Gasteiger partial charge is 0.156 e. The minimum atomic E-state index is -3.02. The van der Waals surface area contributed by atoms with E-state index in [0.29, 0.717) is 12.5 Å². The lowest BCUT2D eigenvalue weighted by Gasteiger charge is -2.26. The molecule has 2 N–H and O–H groups in total. The van der Waals surface area contributed by atoms with Crippen molar-refractivity contribution in [2.24, 2.45) is 5.92 Å². The summed E-state index contributed by atoms with van der Waals surface area (Å²) in [6.45, 7) is 6.53. The lowest BCUT2D eigenvalue weighted by Crippen LogP contribution is -2.36. The fourth-order valence-electron chi connectivity index (χ4n) is 2.27. The van der Waals surface area contributed by atoms with Gasteiger partial charge in [0.2, 0.25) is 0 Å². The third-order valence-corrected chi connectivity index (χ3v) is 6.28. The van der Waals surface area contributed by atoms with Crippen LogP contribution in [0, 0.1) is 5.92 Å². The van der Waals surface area contributed by atoms with E-state index in [0.717, 1.165) is 32.2 Å². The van der Waals surface area contributed by atoms with Crippen LogP contribution in [-0.4, -0.2) is 43.2 Å². The fourth-order valence-corrected chi connectivity index (χ4v) is 3.29. The predicted molar refractivity (Wildman–Crippen MR) is 74.4 cm³/mol. The third-order valence-electron chi connectivity index (χ3n) is 3.67. The molecule has 0 heterocycles. The Morgan fingerprint density at radius 2 is 1.94 bits per heavy atom. The van der Waals surface area contributed by atoms with Gasteiger partial charge in [-0.3, -0.25) is 0 Å². The predicted octanol–water partition coefficient (Wildman–Crippen LogP) is 1.34. The lowest BCUT2D eigenvalue weighted by molar-refractivity contribution is 0.101. The van der Waals surface area contributed by atoms with Crippen LogP contribution in [0.25, 0.3) is 0 Å². The van der Waals surface area contributed by atoms with Gasteiger partial charge in [0, 0.05) is 6.54 Å².